The minimum absolute atomic E-state index is 0. The molecule has 0 radical (unpaired) electrons. The topological polar surface area (TPSA) is 144 Å². The van der Waals surface area contributed by atoms with Crippen molar-refractivity contribution >= 4 is 43.9 Å². The second-order valence-corrected chi connectivity index (χ2v) is 22.1. The van der Waals surface area contributed by atoms with Crippen molar-refractivity contribution in [3.63, 3.8) is 0 Å². The summed E-state index contributed by atoms with van der Waals surface area (Å²) in [5, 5.41) is 18.5. The quantitative estimate of drug-likeness (QED) is 0.134. The average molecular weight is 1640 g/mol. The summed E-state index contributed by atoms with van der Waals surface area (Å²) >= 11 is 0. The second-order valence-electron chi connectivity index (χ2n) is 22.1. The van der Waals surface area contributed by atoms with Crippen molar-refractivity contribution in [1.82, 2.24) is 29.9 Å². The number of aromatic nitrogens is 6. The van der Waals surface area contributed by atoms with Gasteiger partial charge in [-0.3, -0.25) is 9.97 Å². The van der Waals surface area contributed by atoms with Crippen LogP contribution in [-0.4, -0.2) is 54.3 Å². The molecule has 8 heterocycles. The number of rotatable bonds is 9. The molecule has 0 saturated heterocycles. The Kier molecular flexibility index (Phi) is 28.2. The summed E-state index contributed by atoms with van der Waals surface area (Å²) in [5.41, 5.74) is 19.5. The molecule has 0 aliphatic heterocycles. The first-order valence-electron chi connectivity index (χ1n) is 31.5. The number of aliphatic hydroxyl groups is 2. The number of nitrogens with zero attached hydrogens (tertiary/aromatic N) is 6. The van der Waals surface area contributed by atoms with Crippen LogP contribution in [0.2, 0.25) is 0 Å². The molecule has 0 saturated carbocycles. The van der Waals surface area contributed by atoms with Crippen LogP contribution in [0.4, 0.5) is 0 Å². The van der Waals surface area contributed by atoms with E-state index in [1.54, 1.807) is 18.6 Å². The Labute approximate surface area is 600 Å². The Balaban J connectivity index is 0.000000157. The van der Waals surface area contributed by atoms with E-state index in [-0.39, 0.29) is 40.2 Å². The molecule has 16 rings (SSSR count). The molecular weight excluding hydrogens is 1570 g/mol. The van der Waals surface area contributed by atoms with Crippen LogP contribution < -0.4 is 0 Å². The summed E-state index contributed by atoms with van der Waals surface area (Å²) in [4.78, 5) is 26.8. The fourth-order valence-electron chi connectivity index (χ4n) is 10.4. The van der Waals surface area contributed by atoms with Gasteiger partial charge in [0.15, 0.2) is 0 Å². The molecule has 0 bridgehead atoms. The number of aliphatic hydroxyl groups excluding tert-OH is 2. The second kappa shape index (κ2) is 37.7. The zero-order valence-electron chi connectivity index (χ0n) is 55.0. The Morgan fingerprint density at radius 2 is 0.694 bits per heavy atom. The van der Waals surface area contributed by atoms with Crippen molar-refractivity contribution in [1.29, 1.82) is 0 Å². The van der Waals surface area contributed by atoms with Gasteiger partial charge in [-0.05, 0) is 93.9 Å². The van der Waals surface area contributed by atoms with Crippen molar-refractivity contribution in [2.45, 2.75) is 39.5 Å². The van der Waals surface area contributed by atoms with Gasteiger partial charge in [-0.15, -0.1) is 150 Å². The molecule has 10 nitrogen and oxygen atoms in total. The van der Waals surface area contributed by atoms with Gasteiger partial charge in [-0.25, -0.2) is 0 Å². The molecule has 0 aliphatic rings. The van der Waals surface area contributed by atoms with E-state index < -0.39 is 0 Å². The molecule has 2 N–H and O–H groups in total. The SMILES string of the molecule is CC(C)c1ccc(-c2[c-]ccc3c2oc2ccccc23)nc1.CC(C)c1ccc(-c2cccc3c2oc2ccccc23)nc1.CO.CO.[Ir+3].[Ir+3].[c-]1ccccc1-c1cccc(-c2[c-]c(-c3ccccn3)ccc2)n1.[c-]1ccccc1-c1ccccn1.[c-]1ccccc1-c1ccccn1. The summed E-state index contributed by atoms with van der Waals surface area (Å²) in [6.07, 6.45) is 9.27. The molecule has 98 heavy (non-hydrogen) atoms. The van der Waals surface area contributed by atoms with Gasteiger partial charge < -0.3 is 39.0 Å². The third-order valence-electron chi connectivity index (χ3n) is 15.2. The van der Waals surface area contributed by atoms with Gasteiger partial charge in [-0.2, -0.15) is 0 Å². The van der Waals surface area contributed by atoms with Crippen molar-refractivity contribution in [2.24, 2.45) is 0 Å². The standard InChI is InChI=1S/C22H14N2.C20H17NO.C20H16NO.2C11H8N.2CH4O.2Ir/c1-2-8-17(9-3-1)21-13-7-14-22(24-21)19-11-6-10-18(16-19)20-12-4-5-15-23-20;2*1-13(2)14-10-11-18(21-12-14)17-8-5-7-16-15-6-3-4-9-19(15)22-20(16)17;2*1-2-6-10(7-3-1)11-8-4-5-9-12-11;2*1-2;;/h1-8,10-15H;3-13H,1-2H3;3-7,9-13H,1-2H3;2*1-6,8-9H;2*2H,1H3;;/q-2;;3*-1;;;2*+3. The molecule has 0 aliphatic carbocycles. The summed E-state index contributed by atoms with van der Waals surface area (Å²) in [7, 11) is 2.00. The van der Waals surface area contributed by atoms with Crippen molar-refractivity contribution in [3.8, 4) is 78.8 Å². The number of hydrogen-bond acceptors (Lipinski definition) is 10. The van der Waals surface area contributed by atoms with Gasteiger partial charge in [0.2, 0.25) is 0 Å². The van der Waals surface area contributed by atoms with E-state index in [0.29, 0.717) is 11.8 Å². The largest absolute Gasteiger partial charge is 3.00 e. The molecule has 0 spiro atoms. The number of pyridine rings is 6. The van der Waals surface area contributed by atoms with E-state index in [0.717, 1.165) is 137 Å². The maximum Gasteiger partial charge on any atom is 3.00 e. The molecule has 0 unspecified atom stereocenters. The maximum atomic E-state index is 7.00. The van der Waals surface area contributed by atoms with E-state index in [1.807, 2.05) is 231 Å². The zero-order chi connectivity index (χ0) is 66.9. The number of para-hydroxylation sites is 3. The Morgan fingerprint density at radius 3 is 1.16 bits per heavy atom. The van der Waals surface area contributed by atoms with E-state index in [9.17, 15) is 0 Å². The van der Waals surface area contributed by atoms with Crippen LogP contribution in [0.1, 0.15) is 50.7 Å². The fourth-order valence-corrected chi connectivity index (χ4v) is 10.4. The van der Waals surface area contributed by atoms with Gasteiger partial charge in [-0.1, -0.05) is 171 Å². The Hall–Kier alpha value is -10.5. The molecule has 8 aromatic heterocycles. The van der Waals surface area contributed by atoms with E-state index in [4.69, 9.17) is 24.0 Å². The van der Waals surface area contributed by atoms with Crippen LogP contribution in [-0.2, 0) is 40.2 Å². The minimum atomic E-state index is 0. The fraction of sp³-hybridized carbons (Fsp3) is 0.0930. The molecule has 486 valence electrons. The smallest absolute Gasteiger partial charge is 0.501 e. The first-order valence-corrected chi connectivity index (χ1v) is 31.5. The number of benzene rings is 8. The van der Waals surface area contributed by atoms with Gasteiger partial charge >= 0.3 is 40.2 Å². The van der Waals surface area contributed by atoms with Crippen LogP contribution in [0.5, 0.6) is 0 Å². The Morgan fingerprint density at radius 1 is 0.306 bits per heavy atom. The first-order chi connectivity index (χ1) is 47.3. The first kappa shape index (κ1) is 73.3. The van der Waals surface area contributed by atoms with E-state index in [1.165, 1.54) is 11.1 Å². The molecule has 0 amide bonds. The van der Waals surface area contributed by atoms with Crippen molar-refractivity contribution < 1.29 is 59.3 Å². The predicted octanol–water partition coefficient (Wildman–Crippen LogP) is 20.7. The van der Waals surface area contributed by atoms with Gasteiger partial charge in [0.05, 0.1) is 11.3 Å². The van der Waals surface area contributed by atoms with Crippen molar-refractivity contribution in [2.75, 3.05) is 14.2 Å². The summed E-state index contributed by atoms with van der Waals surface area (Å²) in [6.45, 7) is 8.69. The van der Waals surface area contributed by atoms with Crippen LogP contribution in [0.3, 0.4) is 0 Å². The van der Waals surface area contributed by atoms with Crippen LogP contribution in [0, 0.1) is 30.3 Å². The third-order valence-corrected chi connectivity index (χ3v) is 15.2. The molecule has 0 atom stereocenters. The average Bonchev–Trinajstić information content (AvgIpc) is 1.62. The van der Waals surface area contributed by atoms with Crippen LogP contribution >= 0.6 is 0 Å². The molecule has 0 fully saturated rings. The molecular formula is C86H71Ir2N6O4+. The van der Waals surface area contributed by atoms with Gasteiger partial charge in [0.25, 0.3) is 0 Å². The van der Waals surface area contributed by atoms with E-state index in [2.05, 4.69) is 131 Å². The summed E-state index contributed by atoms with van der Waals surface area (Å²) in [5.74, 6) is 0.969. The van der Waals surface area contributed by atoms with Crippen LogP contribution in [0.15, 0.2) is 307 Å². The Bertz CT molecular complexity index is 4580. The zero-order valence-corrected chi connectivity index (χ0v) is 59.8. The van der Waals surface area contributed by atoms with E-state index >= 15 is 0 Å². The number of fused-ring (bicyclic) bond motifs is 6. The minimum Gasteiger partial charge on any atom is -0.501 e. The van der Waals surface area contributed by atoms with Gasteiger partial charge in [0.1, 0.15) is 16.7 Å². The number of furan rings is 2. The van der Waals surface area contributed by atoms with Crippen LogP contribution in [0.25, 0.3) is 123 Å². The molecule has 8 aromatic carbocycles. The molecule has 12 heteroatoms. The predicted molar refractivity (Wildman–Crippen MR) is 390 cm³/mol. The maximum absolute atomic E-state index is 7.00. The summed E-state index contributed by atoms with van der Waals surface area (Å²) in [6, 6.07) is 104. The normalized spacial score (nSPS) is 10.3. The monoisotopic (exact) mass is 1640 g/mol. The number of hydrogen-bond donors (Lipinski definition) is 2. The molecule has 16 aromatic rings. The van der Waals surface area contributed by atoms with Gasteiger partial charge in [0, 0.05) is 72.6 Å². The third kappa shape index (κ3) is 18.9. The summed E-state index contributed by atoms with van der Waals surface area (Å²) < 4.78 is 12.1. The van der Waals surface area contributed by atoms with Crippen molar-refractivity contribution in [3.05, 3.63) is 339 Å².